The zero-order valence-corrected chi connectivity index (χ0v) is 12.1. The quantitative estimate of drug-likeness (QED) is 0.696. The molecule has 1 aromatic carbocycles. The molecule has 2 saturated carbocycles. The number of nitrogens with zero attached hydrogens (tertiary/aromatic N) is 5. The lowest BCUT2D eigenvalue weighted by molar-refractivity contribution is 0.314. The Labute approximate surface area is 126 Å². The number of fused-ring (bicyclic) bond motifs is 2. The lowest BCUT2D eigenvalue weighted by Gasteiger charge is -2.21. The average Bonchev–Trinajstić information content (AvgIpc) is 3.23. The van der Waals surface area contributed by atoms with Gasteiger partial charge in [-0.1, -0.05) is 35.1 Å². The van der Waals surface area contributed by atoms with Gasteiger partial charge in [0.15, 0.2) is 0 Å². The SMILES string of the molecule is O/N=C1\[C@H]2CC[C@@H](C2)[C@H]1Sc1nnnn1-c1ccccc1. The van der Waals surface area contributed by atoms with Gasteiger partial charge in [0.25, 0.3) is 0 Å². The molecule has 7 heteroatoms. The van der Waals surface area contributed by atoms with Gasteiger partial charge in [0.05, 0.1) is 16.6 Å². The van der Waals surface area contributed by atoms with Crippen molar-refractivity contribution in [1.82, 2.24) is 20.2 Å². The maximum atomic E-state index is 9.29. The molecule has 0 unspecified atom stereocenters. The first-order valence-electron chi connectivity index (χ1n) is 7.09. The predicted molar refractivity (Wildman–Crippen MR) is 78.9 cm³/mol. The van der Waals surface area contributed by atoms with Crippen LogP contribution in [0, 0.1) is 11.8 Å². The van der Waals surface area contributed by atoms with E-state index in [1.54, 1.807) is 16.4 Å². The van der Waals surface area contributed by atoms with Crippen molar-refractivity contribution in [3.8, 4) is 5.69 Å². The van der Waals surface area contributed by atoms with Gasteiger partial charge >= 0.3 is 0 Å². The molecular formula is C14H15N5OS. The Morgan fingerprint density at radius 3 is 2.90 bits per heavy atom. The highest BCUT2D eigenvalue weighted by molar-refractivity contribution is 8.00. The van der Waals surface area contributed by atoms with Gasteiger partial charge < -0.3 is 5.21 Å². The lowest BCUT2D eigenvalue weighted by Crippen LogP contribution is -2.25. The highest BCUT2D eigenvalue weighted by Gasteiger charge is 2.46. The van der Waals surface area contributed by atoms with Crippen LogP contribution in [0.4, 0.5) is 0 Å². The number of aromatic nitrogens is 4. The number of hydrogen-bond donors (Lipinski definition) is 1. The summed E-state index contributed by atoms with van der Waals surface area (Å²) in [6, 6.07) is 9.84. The Morgan fingerprint density at radius 2 is 2.10 bits per heavy atom. The van der Waals surface area contributed by atoms with Crippen LogP contribution in [0.1, 0.15) is 19.3 Å². The van der Waals surface area contributed by atoms with Gasteiger partial charge in [-0.15, -0.1) is 5.10 Å². The smallest absolute Gasteiger partial charge is 0.214 e. The molecule has 2 aliphatic carbocycles. The third kappa shape index (κ3) is 2.12. The highest BCUT2D eigenvalue weighted by atomic mass is 32.2. The van der Waals surface area contributed by atoms with E-state index >= 15 is 0 Å². The van der Waals surface area contributed by atoms with Crippen molar-refractivity contribution in [2.24, 2.45) is 17.0 Å². The van der Waals surface area contributed by atoms with Crippen molar-refractivity contribution in [1.29, 1.82) is 0 Å². The summed E-state index contributed by atoms with van der Waals surface area (Å²) >= 11 is 1.61. The molecule has 1 aromatic heterocycles. The largest absolute Gasteiger partial charge is 0.411 e. The Balaban J connectivity index is 1.63. The second-order valence-electron chi connectivity index (χ2n) is 5.54. The fraction of sp³-hybridized carbons (Fsp3) is 0.429. The molecule has 0 saturated heterocycles. The van der Waals surface area contributed by atoms with Gasteiger partial charge in [-0.2, -0.15) is 4.68 Å². The molecule has 21 heavy (non-hydrogen) atoms. The van der Waals surface area contributed by atoms with Crippen molar-refractivity contribution >= 4 is 17.5 Å². The molecule has 3 atom stereocenters. The summed E-state index contributed by atoms with van der Waals surface area (Å²) < 4.78 is 1.74. The van der Waals surface area contributed by atoms with Crippen LogP contribution in [-0.4, -0.2) is 36.4 Å². The number of rotatable bonds is 3. The first kappa shape index (κ1) is 12.8. The van der Waals surface area contributed by atoms with E-state index in [4.69, 9.17) is 0 Å². The van der Waals surface area contributed by atoms with E-state index in [9.17, 15) is 5.21 Å². The molecule has 2 aliphatic rings. The van der Waals surface area contributed by atoms with Gasteiger partial charge in [0.1, 0.15) is 0 Å². The fourth-order valence-electron chi connectivity index (χ4n) is 3.43. The standard InChI is InChI=1S/C14H15N5OS/c20-16-12-9-6-7-10(8-9)13(12)21-14-15-17-18-19(14)11-4-2-1-3-5-11/h1-5,9-10,13,20H,6-8H2/b16-12+/t9-,10-,13+/m0/s1. The molecule has 2 aromatic rings. The number of benzene rings is 1. The summed E-state index contributed by atoms with van der Waals surface area (Å²) in [5, 5.41) is 25.8. The summed E-state index contributed by atoms with van der Waals surface area (Å²) in [5.41, 5.74) is 1.86. The third-order valence-corrected chi connectivity index (χ3v) is 5.75. The van der Waals surface area contributed by atoms with Crippen LogP contribution in [0.25, 0.3) is 5.69 Å². The molecule has 6 nitrogen and oxygen atoms in total. The monoisotopic (exact) mass is 301 g/mol. The van der Waals surface area contributed by atoms with Gasteiger partial charge in [0.2, 0.25) is 5.16 Å². The normalized spacial score (nSPS) is 29.3. The van der Waals surface area contributed by atoms with E-state index in [1.807, 2.05) is 30.3 Å². The molecule has 0 spiro atoms. The van der Waals surface area contributed by atoms with Crippen LogP contribution < -0.4 is 0 Å². The lowest BCUT2D eigenvalue weighted by atomic mass is 9.98. The Bertz CT molecular complexity index is 671. The number of hydrogen-bond acceptors (Lipinski definition) is 6. The van der Waals surface area contributed by atoms with Gasteiger partial charge in [-0.25, -0.2) is 0 Å². The molecule has 108 valence electrons. The first-order valence-corrected chi connectivity index (χ1v) is 7.97. The van der Waals surface area contributed by atoms with Crippen LogP contribution in [0.3, 0.4) is 0 Å². The van der Waals surface area contributed by atoms with E-state index in [1.165, 1.54) is 6.42 Å². The van der Waals surface area contributed by atoms with Crippen LogP contribution in [-0.2, 0) is 0 Å². The second kappa shape index (κ2) is 5.14. The summed E-state index contributed by atoms with van der Waals surface area (Å²) in [4.78, 5) is 0. The molecule has 2 bridgehead atoms. The fourth-order valence-corrected chi connectivity index (χ4v) is 4.78. The molecule has 0 aliphatic heterocycles. The average molecular weight is 301 g/mol. The Kier molecular flexibility index (Phi) is 3.14. The van der Waals surface area contributed by atoms with E-state index in [0.717, 1.165) is 29.4 Å². The highest BCUT2D eigenvalue weighted by Crippen LogP contribution is 2.49. The molecule has 0 radical (unpaired) electrons. The second-order valence-corrected chi connectivity index (χ2v) is 6.65. The van der Waals surface area contributed by atoms with Crippen LogP contribution in [0.15, 0.2) is 40.6 Å². The van der Waals surface area contributed by atoms with Crippen molar-refractivity contribution in [3.05, 3.63) is 30.3 Å². The van der Waals surface area contributed by atoms with E-state index < -0.39 is 0 Å². The van der Waals surface area contributed by atoms with Gasteiger partial charge in [-0.3, -0.25) is 0 Å². The van der Waals surface area contributed by atoms with Crippen LogP contribution in [0.5, 0.6) is 0 Å². The summed E-state index contributed by atoms with van der Waals surface area (Å²) in [5.74, 6) is 1.02. The van der Waals surface area contributed by atoms with Crippen LogP contribution >= 0.6 is 11.8 Å². The predicted octanol–water partition coefficient (Wildman–Crippen LogP) is 2.38. The summed E-state index contributed by atoms with van der Waals surface area (Å²) in [7, 11) is 0. The minimum Gasteiger partial charge on any atom is -0.411 e. The number of oxime groups is 1. The van der Waals surface area contributed by atoms with Crippen molar-refractivity contribution in [2.45, 2.75) is 29.7 Å². The number of tetrazole rings is 1. The molecule has 1 N–H and O–H groups in total. The van der Waals surface area contributed by atoms with Gasteiger partial charge in [0, 0.05) is 5.92 Å². The molecule has 1 heterocycles. The summed E-state index contributed by atoms with van der Waals surface area (Å²) in [6.07, 6.45) is 3.48. The molecule has 4 rings (SSSR count). The molecular weight excluding hydrogens is 286 g/mol. The maximum absolute atomic E-state index is 9.29. The Morgan fingerprint density at radius 1 is 1.24 bits per heavy atom. The van der Waals surface area contributed by atoms with E-state index in [2.05, 4.69) is 20.7 Å². The topological polar surface area (TPSA) is 76.2 Å². The zero-order valence-electron chi connectivity index (χ0n) is 11.3. The molecule has 0 amide bonds. The van der Waals surface area contributed by atoms with E-state index in [-0.39, 0.29) is 5.25 Å². The first-order chi connectivity index (χ1) is 10.4. The number of para-hydroxylation sites is 1. The minimum absolute atomic E-state index is 0.196. The molecule has 2 fully saturated rings. The maximum Gasteiger partial charge on any atom is 0.214 e. The van der Waals surface area contributed by atoms with E-state index in [0.29, 0.717) is 11.8 Å². The van der Waals surface area contributed by atoms with Crippen LogP contribution in [0.2, 0.25) is 0 Å². The minimum atomic E-state index is 0.196. The number of thioether (sulfide) groups is 1. The van der Waals surface area contributed by atoms with Crippen molar-refractivity contribution < 1.29 is 5.21 Å². The van der Waals surface area contributed by atoms with Gasteiger partial charge in [-0.05, 0) is 47.7 Å². The zero-order chi connectivity index (χ0) is 14.2. The summed E-state index contributed by atoms with van der Waals surface area (Å²) in [6.45, 7) is 0. The Hall–Kier alpha value is -1.89. The third-order valence-electron chi connectivity index (χ3n) is 4.40. The van der Waals surface area contributed by atoms with Crippen molar-refractivity contribution in [2.75, 3.05) is 0 Å². The van der Waals surface area contributed by atoms with Crippen molar-refractivity contribution in [3.63, 3.8) is 0 Å².